The van der Waals surface area contributed by atoms with Crippen LogP contribution >= 0.6 is 11.6 Å². The van der Waals surface area contributed by atoms with Gasteiger partial charge in [0.25, 0.3) is 0 Å². The highest BCUT2D eigenvalue weighted by Gasteiger charge is 2.02. The van der Waals surface area contributed by atoms with Crippen molar-refractivity contribution in [2.24, 2.45) is 0 Å². The van der Waals surface area contributed by atoms with Crippen molar-refractivity contribution >= 4 is 11.6 Å². The smallest absolute Gasteiger partial charge is 0.151 e. The van der Waals surface area contributed by atoms with Gasteiger partial charge in [-0.1, -0.05) is 11.6 Å². The van der Waals surface area contributed by atoms with E-state index in [-0.39, 0.29) is 0 Å². The molecule has 0 N–H and O–H groups in total. The lowest BCUT2D eigenvalue weighted by Crippen LogP contribution is -1.90. The van der Waals surface area contributed by atoms with Crippen LogP contribution in [0.4, 0.5) is 0 Å². The lowest BCUT2D eigenvalue weighted by molar-refractivity contribution is 0.413. The Hall–Kier alpha value is -1.68. The van der Waals surface area contributed by atoms with Crippen molar-refractivity contribution in [2.45, 2.75) is 0 Å². The molecule has 76 valence electrons. The Balaban J connectivity index is 2.40. The van der Waals surface area contributed by atoms with E-state index >= 15 is 0 Å². The number of ether oxygens (including phenoxy) is 1. The minimum atomic E-state index is 0.370. The van der Waals surface area contributed by atoms with Gasteiger partial charge >= 0.3 is 0 Å². The summed E-state index contributed by atoms with van der Waals surface area (Å²) in [4.78, 5) is 4.03. The maximum absolute atomic E-state index is 5.64. The standard InChI is InChI=1S/C10H8ClN3O/c1-15-8-4-7(5-12-6-8)9-2-3-10(11)14-13-9/h2-6H,1H3. The molecular weight excluding hydrogens is 214 g/mol. The fraction of sp³-hybridized carbons (Fsp3) is 0.100. The van der Waals surface area contributed by atoms with Gasteiger partial charge in [-0.15, -0.1) is 10.2 Å². The fourth-order valence-corrected chi connectivity index (χ4v) is 1.24. The van der Waals surface area contributed by atoms with Crippen LogP contribution in [0.2, 0.25) is 5.15 Å². The van der Waals surface area contributed by atoms with Crippen molar-refractivity contribution in [2.75, 3.05) is 7.11 Å². The van der Waals surface area contributed by atoms with Gasteiger partial charge in [-0.25, -0.2) is 0 Å². The molecule has 2 heterocycles. The van der Waals surface area contributed by atoms with Crippen molar-refractivity contribution in [1.82, 2.24) is 15.2 Å². The molecule has 4 nitrogen and oxygen atoms in total. The lowest BCUT2D eigenvalue weighted by Gasteiger charge is -2.02. The predicted octanol–water partition coefficient (Wildman–Crippen LogP) is 2.20. The molecule has 2 rings (SSSR count). The molecule has 2 aromatic rings. The highest BCUT2D eigenvalue weighted by molar-refractivity contribution is 6.29. The molecule has 5 heteroatoms. The van der Waals surface area contributed by atoms with Crippen molar-refractivity contribution in [3.63, 3.8) is 0 Å². The zero-order valence-corrected chi connectivity index (χ0v) is 8.77. The molecule has 0 saturated carbocycles. The van der Waals surface area contributed by atoms with Crippen LogP contribution in [0.1, 0.15) is 0 Å². The molecule has 0 saturated heterocycles. The van der Waals surface area contributed by atoms with Gasteiger partial charge in [0.1, 0.15) is 5.75 Å². The molecule has 0 amide bonds. The summed E-state index contributed by atoms with van der Waals surface area (Å²) in [6.07, 6.45) is 3.33. The first-order valence-electron chi connectivity index (χ1n) is 4.28. The molecule has 0 fully saturated rings. The summed E-state index contributed by atoms with van der Waals surface area (Å²) in [5.41, 5.74) is 1.56. The van der Waals surface area contributed by atoms with Gasteiger partial charge in [0.2, 0.25) is 0 Å². The molecule has 0 bridgehead atoms. The average molecular weight is 222 g/mol. The van der Waals surface area contributed by atoms with Gasteiger partial charge in [0.05, 0.1) is 19.0 Å². The number of hydrogen-bond donors (Lipinski definition) is 0. The van der Waals surface area contributed by atoms with Gasteiger partial charge in [0, 0.05) is 11.8 Å². The van der Waals surface area contributed by atoms with Crippen LogP contribution in [0.5, 0.6) is 5.75 Å². The van der Waals surface area contributed by atoms with Crippen LogP contribution in [-0.2, 0) is 0 Å². The highest BCUT2D eigenvalue weighted by atomic mass is 35.5. The van der Waals surface area contributed by atoms with Crippen LogP contribution in [-0.4, -0.2) is 22.3 Å². The molecule has 0 aliphatic heterocycles. The molecule has 15 heavy (non-hydrogen) atoms. The number of methoxy groups -OCH3 is 1. The van der Waals surface area contributed by atoms with E-state index in [0.717, 1.165) is 5.56 Å². The second-order valence-corrected chi connectivity index (χ2v) is 3.24. The molecular formula is C10H8ClN3O. The minimum Gasteiger partial charge on any atom is -0.495 e. The Morgan fingerprint density at radius 1 is 1.20 bits per heavy atom. The van der Waals surface area contributed by atoms with Crippen LogP contribution < -0.4 is 4.74 Å². The van der Waals surface area contributed by atoms with Crippen LogP contribution in [0.25, 0.3) is 11.3 Å². The van der Waals surface area contributed by atoms with Crippen molar-refractivity contribution in [3.8, 4) is 17.0 Å². The maximum Gasteiger partial charge on any atom is 0.151 e. The minimum absolute atomic E-state index is 0.370. The number of halogens is 1. The Morgan fingerprint density at radius 3 is 2.73 bits per heavy atom. The third-order valence-corrected chi connectivity index (χ3v) is 2.08. The monoisotopic (exact) mass is 221 g/mol. The van der Waals surface area contributed by atoms with E-state index in [1.54, 1.807) is 31.6 Å². The Labute approximate surface area is 91.9 Å². The number of hydrogen-bond acceptors (Lipinski definition) is 4. The molecule has 0 aliphatic carbocycles. The fourth-order valence-electron chi connectivity index (χ4n) is 1.14. The summed E-state index contributed by atoms with van der Waals surface area (Å²) < 4.78 is 5.06. The summed E-state index contributed by atoms with van der Waals surface area (Å²) >= 11 is 5.64. The number of aromatic nitrogens is 3. The van der Waals surface area contributed by atoms with Crippen molar-refractivity contribution < 1.29 is 4.74 Å². The summed E-state index contributed by atoms with van der Waals surface area (Å²) in [6, 6.07) is 5.31. The van der Waals surface area contributed by atoms with Gasteiger partial charge < -0.3 is 4.74 Å². The normalized spacial score (nSPS) is 10.0. The average Bonchev–Trinajstić information content (AvgIpc) is 2.30. The molecule has 0 unspecified atom stereocenters. The predicted molar refractivity (Wildman–Crippen MR) is 56.8 cm³/mol. The van der Waals surface area contributed by atoms with Crippen molar-refractivity contribution in [3.05, 3.63) is 35.7 Å². The van der Waals surface area contributed by atoms with Gasteiger partial charge in [-0.3, -0.25) is 4.98 Å². The van der Waals surface area contributed by atoms with E-state index in [9.17, 15) is 0 Å². The largest absolute Gasteiger partial charge is 0.495 e. The van der Waals surface area contributed by atoms with Crippen LogP contribution in [0, 0.1) is 0 Å². The number of pyridine rings is 1. The molecule has 0 atom stereocenters. The first kappa shape index (κ1) is 9.86. The van der Waals surface area contributed by atoms with Crippen molar-refractivity contribution in [1.29, 1.82) is 0 Å². The van der Waals surface area contributed by atoms with E-state index in [1.807, 2.05) is 6.07 Å². The molecule has 0 aliphatic rings. The molecule has 0 radical (unpaired) electrons. The maximum atomic E-state index is 5.64. The lowest BCUT2D eigenvalue weighted by atomic mass is 10.2. The second kappa shape index (κ2) is 4.23. The van der Waals surface area contributed by atoms with Gasteiger partial charge in [0.15, 0.2) is 5.15 Å². The Kier molecular flexibility index (Phi) is 2.78. The first-order valence-corrected chi connectivity index (χ1v) is 4.66. The molecule has 2 aromatic heterocycles. The third-order valence-electron chi connectivity index (χ3n) is 1.88. The molecule has 0 aromatic carbocycles. The van der Waals surface area contributed by atoms with E-state index in [4.69, 9.17) is 16.3 Å². The van der Waals surface area contributed by atoms with E-state index in [0.29, 0.717) is 16.6 Å². The summed E-state index contributed by atoms with van der Waals surface area (Å²) in [5.74, 6) is 0.684. The SMILES string of the molecule is COc1cncc(-c2ccc(Cl)nn2)c1. The zero-order chi connectivity index (χ0) is 10.7. The Morgan fingerprint density at radius 2 is 2.07 bits per heavy atom. The van der Waals surface area contributed by atoms with E-state index in [1.165, 1.54) is 0 Å². The van der Waals surface area contributed by atoms with Crippen LogP contribution in [0.3, 0.4) is 0 Å². The quantitative estimate of drug-likeness (QED) is 0.780. The van der Waals surface area contributed by atoms with Gasteiger partial charge in [-0.05, 0) is 18.2 Å². The summed E-state index contributed by atoms with van der Waals surface area (Å²) in [6.45, 7) is 0. The summed E-state index contributed by atoms with van der Waals surface area (Å²) in [7, 11) is 1.59. The summed E-state index contributed by atoms with van der Waals surface area (Å²) in [5, 5.41) is 8.07. The topological polar surface area (TPSA) is 47.9 Å². The van der Waals surface area contributed by atoms with Gasteiger partial charge in [-0.2, -0.15) is 0 Å². The van der Waals surface area contributed by atoms with E-state index in [2.05, 4.69) is 15.2 Å². The van der Waals surface area contributed by atoms with Crippen LogP contribution in [0.15, 0.2) is 30.6 Å². The zero-order valence-electron chi connectivity index (χ0n) is 8.01. The Bertz CT molecular complexity index is 458. The molecule has 0 spiro atoms. The first-order chi connectivity index (χ1) is 7.29. The van der Waals surface area contributed by atoms with E-state index < -0.39 is 0 Å². The second-order valence-electron chi connectivity index (χ2n) is 2.85. The number of nitrogens with zero attached hydrogens (tertiary/aromatic N) is 3. The third kappa shape index (κ3) is 2.22. The number of rotatable bonds is 2. The highest BCUT2D eigenvalue weighted by Crippen LogP contribution is 2.20.